The predicted octanol–water partition coefficient (Wildman–Crippen LogP) is 2.36. The second kappa shape index (κ2) is 5.85. The molecule has 1 amide bonds. The molecular formula is C16H25ClN4O. The standard InChI is InChI=1S/C16H25ClN4O/c1-16(2,21-11-12(17)10-18-21)15(22)20-9-5-7-14(20)13-6-4-8-19(13)3/h10-11,13-14H,4-9H2,1-3H3/t13-,14+/m1/s1. The summed E-state index contributed by atoms with van der Waals surface area (Å²) in [5, 5.41) is 4.81. The lowest BCUT2D eigenvalue weighted by Gasteiger charge is -2.37. The van der Waals surface area contributed by atoms with Gasteiger partial charge >= 0.3 is 0 Å². The van der Waals surface area contributed by atoms with E-state index in [2.05, 4.69) is 21.9 Å². The Morgan fingerprint density at radius 3 is 2.55 bits per heavy atom. The van der Waals surface area contributed by atoms with E-state index in [4.69, 9.17) is 11.6 Å². The molecule has 22 heavy (non-hydrogen) atoms. The first-order chi connectivity index (χ1) is 10.4. The average Bonchev–Trinajstić information content (AvgIpc) is 3.17. The zero-order valence-corrected chi connectivity index (χ0v) is 14.4. The number of likely N-dealkylation sites (tertiary alicyclic amines) is 2. The number of halogens is 1. The van der Waals surface area contributed by atoms with Crippen LogP contribution in [0.15, 0.2) is 12.4 Å². The maximum absolute atomic E-state index is 13.2. The summed E-state index contributed by atoms with van der Waals surface area (Å²) in [5.41, 5.74) is -0.701. The zero-order valence-electron chi connectivity index (χ0n) is 13.6. The highest BCUT2D eigenvalue weighted by atomic mass is 35.5. The third kappa shape index (κ3) is 2.65. The second-order valence-corrected chi connectivity index (χ2v) is 7.50. The first kappa shape index (κ1) is 15.8. The van der Waals surface area contributed by atoms with Gasteiger partial charge in [0.25, 0.3) is 0 Å². The van der Waals surface area contributed by atoms with Crippen molar-refractivity contribution in [2.75, 3.05) is 20.1 Å². The van der Waals surface area contributed by atoms with Gasteiger partial charge in [0, 0.05) is 24.8 Å². The SMILES string of the molecule is CN1CCC[C@@H]1[C@@H]1CCCN1C(=O)C(C)(C)n1cc(Cl)cn1. The highest BCUT2D eigenvalue weighted by Gasteiger charge is 2.43. The van der Waals surface area contributed by atoms with E-state index in [9.17, 15) is 4.79 Å². The van der Waals surface area contributed by atoms with Crippen LogP contribution < -0.4 is 0 Å². The Balaban J connectivity index is 1.81. The summed E-state index contributed by atoms with van der Waals surface area (Å²) in [7, 11) is 2.18. The molecular weight excluding hydrogens is 300 g/mol. The molecule has 122 valence electrons. The van der Waals surface area contributed by atoms with E-state index in [-0.39, 0.29) is 5.91 Å². The summed E-state index contributed by atoms with van der Waals surface area (Å²) in [6.07, 6.45) is 7.94. The summed E-state index contributed by atoms with van der Waals surface area (Å²) in [6, 6.07) is 0.841. The first-order valence-corrected chi connectivity index (χ1v) is 8.51. The Kier molecular flexibility index (Phi) is 4.21. The number of hydrogen-bond donors (Lipinski definition) is 0. The van der Waals surface area contributed by atoms with Crippen LogP contribution in [0, 0.1) is 0 Å². The molecule has 2 fully saturated rings. The average molecular weight is 325 g/mol. The predicted molar refractivity (Wildman–Crippen MR) is 86.9 cm³/mol. The van der Waals surface area contributed by atoms with Gasteiger partial charge in [0.1, 0.15) is 5.54 Å². The summed E-state index contributed by atoms with van der Waals surface area (Å²) in [4.78, 5) is 17.7. The summed E-state index contributed by atoms with van der Waals surface area (Å²) in [5.74, 6) is 0.148. The van der Waals surface area contributed by atoms with E-state index in [0.29, 0.717) is 17.1 Å². The van der Waals surface area contributed by atoms with Crippen LogP contribution in [0.5, 0.6) is 0 Å². The molecule has 2 aliphatic rings. The molecule has 0 unspecified atom stereocenters. The van der Waals surface area contributed by atoms with E-state index in [1.54, 1.807) is 17.1 Å². The van der Waals surface area contributed by atoms with Crippen molar-refractivity contribution in [1.82, 2.24) is 19.6 Å². The van der Waals surface area contributed by atoms with Gasteiger partial charge in [0.15, 0.2) is 0 Å². The largest absolute Gasteiger partial charge is 0.336 e. The van der Waals surface area contributed by atoms with E-state index in [1.165, 1.54) is 12.8 Å². The molecule has 0 aliphatic carbocycles. The van der Waals surface area contributed by atoms with Crippen LogP contribution in [0.1, 0.15) is 39.5 Å². The number of carbonyl (C=O) groups excluding carboxylic acids is 1. The normalized spacial score (nSPS) is 26.8. The van der Waals surface area contributed by atoms with Crippen molar-refractivity contribution in [2.24, 2.45) is 0 Å². The van der Waals surface area contributed by atoms with Crippen LogP contribution in [0.3, 0.4) is 0 Å². The van der Waals surface area contributed by atoms with Crippen LogP contribution in [-0.4, -0.2) is 57.7 Å². The second-order valence-electron chi connectivity index (χ2n) is 7.06. The van der Waals surface area contributed by atoms with Crippen LogP contribution in [-0.2, 0) is 10.3 Å². The highest BCUT2D eigenvalue weighted by molar-refractivity contribution is 6.30. The summed E-state index contributed by atoms with van der Waals surface area (Å²) in [6.45, 7) is 5.84. The van der Waals surface area contributed by atoms with Gasteiger partial charge in [-0.3, -0.25) is 9.48 Å². The summed E-state index contributed by atoms with van der Waals surface area (Å²) >= 11 is 5.97. The Morgan fingerprint density at radius 2 is 1.95 bits per heavy atom. The maximum atomic E-state index is 13.2. The van der Waals surface area contributed by atoms with Gasteiger partial charge in [0.2, 0.25) is 5.91 Å². The number of hydrogen-bond acceptors (Lipinski definition) is 3. The molecule has 0 bridgehead atoms. The van der Waals surface area contributed by atoms with Crippen molar-refractivity contribution in [2.45, 2.75) is 57.2 Å². The van der Waals surface area contributed by atoms with E-state index >= 15 is 0 Å². The fraction of sp³-hybridized carbons (Fsp3) is 0.750. The smallest absolute Gasteiger partial charge is 0.250 e. The third-order valence-electron chi connectivity index (χ3n) is 5.23. The fourth-order valence-electron chi connectivity index (χ4n) is 3.92. The fourth-order valence-corrected chi connectivity index (χ4v) is 4.06. The molecule has 3 heterocycles. The number of carbonyl (C=O) groups is 1. The molecule has 1 aromatic rings. The van der Waals surface area contributed by atoms with Gasteiger partial charge in [0.05, 0.1) is 11.2 Å². The zero-order chi connectivity index (χ0) is 15.9. The van der Waals surface area contributed by atoms with Crippen molar-refractivity contribution in [1.29, 1.82) is 0 Å². The molecule has 0 radical (unpaired) electrons. The van der Waals surface area contributed by atoms with Gasteiger partial charge in [-0.1, -0.05) is 11.6 Å². The quantitative estimate of drug-likeness (QED) is 0.857. The minimum atomic E-state index is -0.701. The van der Waals surface area contributed by atoms with Gasteiger partial charge in [-0.05, 0) is 53.1 Å². The summed E-state index contributed by atoms with van der Waals surface area (Å²) < 4.78 is 1.69. The molecule has 2 saturated heterocycles. The number of nitrogens with zero attached hydrogens (tertiary/aromatic N) is 4. The number of amides is 1. The first-order valence-electron chi connectivity index (χ1n) is 8.13. The van der Waals surface area contributed by atoms with Crippen LogP contribution in [0.25, 0.3) is 0 Å². The monoisotopic (exact) mass is 324 g/mol. The van der Waals surface area contributed by atoms with E-state index < -0.39 is 5.54 Å². The topological polar surface area (TPSA) is 41.4 Å². The van der Waals surface area contributed by atoms with Crippen molar-refractivity contribution < 1.29 is 4.79 Å². The minimum absolute atomic E-state index is 0.148. The molecule has 0 spiro atoms. The van der Waals surface area contributed by atoms with Crippen molar-refractivity contribution in [3.05, 3.63) is 17.4 Å². The number of likely N-dealkylation sites (N-methyl/N-ethyl adjacent to an activating group) is 1. The highest BCUT2D eigenvalue weighted by Crippen LogP contribution is 2.32. The Hall–Kier alpha value is -1.07. The van der Waals surface area contributed by atoms with Crippen LogP contribution in [0.2, 0.25) is 5.02 Å². The molecule has 0 aromatic carbocycles. The molecule has 3 rings (SSSR count). The lowest BCUT2D eigenvalue weighted by molar-refractivity contribution is -0.141. The molecule has 6 heteroatoms. The van der Waals surface area contributed by atoms with E-state index in [0.717, 1.165) is 25.9 Å². The van der Waals surface area contributed by atoms with Gasteiger partial charge in [-0.25, -0.2) is 0 Å². The Morgan fingerprint density at radius 1 is 1.27 bits per heavy atom. The molecule has 0 N–H and O–H groups in total. The Bertz CT molecular complexity index is 556. The lowest BCUT2D eigenvalue weighted by atomic mass is 9.99. The van der Waals surface area contributed by atoms with E-state index in [1.807, 2.05) is 13.8 Å². The van der Waals surface area contributed by atoms with Crippen molar-refractivity contribution in [3.63, 3.8) is 0 Å². The lowest BCUT2D eigenvalue weighted by Crippen LogP contribution is -2.53. The van der Waals surface area contributed by atoms with Gasteiger partial charge in [-0.2, -0.15) is 5.10 Å². The Labute approximate surface area is 137 Å². The molecule has 5 nitrogen and oxygen atoms in total. The van der Waals surface area contributed by atoms with Gasteiger partial charge < -0.3 is 9.80 Å². The minimum Gasteiger partial charge on any atom is -0.336 e. The van der Waals surface area contributed by atoms with Gasteiger partial charge in [-0.15, -0.1) is 0 Å². The maximum Gasteiger partial charge on any atom is 0.250 e. The molecule has 2 aliphatic heterocycles. The molecule has 0 saturated carbocycles. The van der Waals surface area contributed by atoms with Crippen molar-refractivity contribution in [3.8, 4) is 0 Å². The van der Waals surface area contributed by atoms with Crippen LogP contribution >= 0.6 is 11.6 Å². The molecule has 1 aromatic heterocycles. The van der Waals surface area contributed by atoms with Crippen molar-refractivity contribution >= 4 is 17.5 Å². The number of aromatic nitrogens is 2. The van der Waals surface area contributed by atoms with Crippen LogP contribution in [0.4, 0.5) is 0 Å². The number of rotatable bonds is 3. The third-order valence-corrected chi connectivity index (χ3v) is 5.42. The molecule has 2 atom stereocenters.